The molecule has 1 aliphatic rings. The van der Waals surface area contributed by atoms with Gasteiger partial charge < -0.3 is 9.47 Å². The highest BCUT2D eigenvalue weighted by atomic mass is 19.1. The Balaban J connectivity index is 3.19. The van der Waals surface area contributed by atoms with Crippen LogP contribution in [-0.4, -0.2) is 26.7 Å². The minimum atomic E-state index is -1.67. The molecule has 0 spiro atoms. The zero-order chi connectivity index (χ0) is 10.7. The van der Waals surface area contributed by atoms with Crippen molar-refractivity contribution in [3.8, 4) is 0 Å². The standard InChI is InChI=1S/C9H10F2O3/c1-13-7-3-6(10)5(4-12)8(11)9(7)14-2/h4,6H,3H2,1-2H3. The number of halogens is 2. The predicted molar refractivity (Wildman–Crippen MR) is 44.8 cm³/mol. The lowest BCUT2D eigenvalue weighted by atomic mass is 10.0. The third-order valence-electron chi connectivity index (χ3n) is 1.99. The molecule has 0 saturated carbocycles. The summed E-state index contributed by atoms with van der Waals surface area (Å²) >= 11 is 0. The highest BCUT2D eigenvalue weighted by molar-refractivity contribution is 5.77. The van der Waals surface area contributed by atoms with Gasteiger partial charge in [-0.3, -0.25) is 4.79 Å². The Hall–Kier alpha value is -1.39. The monoisotopic (exact) mass is 204 g/mol. The second kappa shape index (κ2) is 4.21. The van der Waals surface area contributed by atoms with E-state index in [1.807, 2.05) is 0 Å². The van der Waals surface area contributed by atoms with Gasteiger partial charge in [0.05, 0.1) is 19.8 Å². The van der Waals surface area contributed by atoms with E-state index in [0.29, 0.717) is 0 Å². The molecule has 1 aliphatic carbocycles. The van der Waals surface area contributed by atoms with Crippen molar-refractivity contribution >= 4 is 6.29 Å². The second-order valence-electron chi connectivity index (χ2n) is 2.72. The summed E-state index contributed by atoms with van der Waals surface area (Å²) in [4.78, 5) is 10.4. The van der Waals surface area contributed by atoms with E-state index in [1.54, 1.807) is 0 Å². The summed E-state index contributed by atoms with van der Waals surface area (Å²) in [6, 6.07) is 0. The summed E-state index contributed by atoms with van der Waals surface area (Å²) in [7, 11) is 2.52. The van der Waals surface area contributed by atoms with E-state index in [2.05, 4.69) is 4.74 Å². The van der Waals surface area contributed by atoms with Crippen LogP contribution in [0, 0.1) is 0 Å². The van der Waals surface area contributed by atoms with Crippen LogP contribution in [0.5, 0.6) is 0 Å². The molecule has 0 heterocycles. The summed E-state index contributed by atoms with van der Waals surface area (Å²) in [6.45, 7) is 0. The number of aldehydes is 1. The number of rotatable bonds is 3. The number of hydrogen-bond donors (Lipinski definition) is 0. The average molecular weight is 204 g/mol. The number of ether oxygens (including phenoxy) is 2. The van der Waals surface area contributed by atoms with Crippen LogP contribution in [-0.2, 0) is 14.3 Å². The molecule has 0 fully saturated rings. The van der Waals surface area contributed by atoms with Crippen molar-refractivity contribution in [3.05, 3.63) is 22.9 Å². The fourth-order valence-corrected chi connectivity index (χ4v) is 1.26. The predicted octanol–water partition coefficient (Wildman–Crippen LogP) is 1.66. The lowest BCUT2D eigenvalue weighted by Gasteiger charge is -2.20. The normalized spacial score (nSPS) is 22.4. The van der Waals surface area contributed by atoms with E-state index in [0.717, 1.165) is 0 Å². The van der Waals surface area contributed by atoms with Crippen LogP contribution in [0.15, 0.2) is 22.9 Å². The molecule has 1 unspecified atom stereocenters. The van der Waals surface area contributed by atoms with Crippen LogP contribution in [0.4, 0.5) is 8.78 Å². The SMILES string of the molecule is COC1=C(OC)C(F)=C(C=O)C(F)C1. The quantitative estimate of drug-likeness (QED) is 0.656. The largest absolute Gasteiger partial charge is 0.497 e. The number of alkyl halides is 1. The van der Waals surface area contributed by atoms with Crippen LogP contribution in [0.3, 0.4) is 0 Å². The summed E-state index contributed by atoms with van der Waals surface area (Å²) in [6.07, 6.45) is -1.69. The van der Waals surface area contributed by atoms with E-state index in [4.69, 9.17) is 4.74 Å². The van der Waals surface area contributed by atoms with Gasteiger partial charge >= 0.3 is 0 Å². The van der Waals surface area contributed by atoms with Crippen molar-refractivity contribution in [1.29, 1.82) is 0 Å². The van der Waals surface area contributed by atoms with Crippen molar-refractivity contribution in [1.82, 2.24) is 0 Å². The Kier molecular flexibility index (Phi) is 3.22. The molecule has 0 aromatic rings. The van der Waals surface area contributed by atoms with Crippen LogP contribution in [0.1, 0.15) is 6.42 Å². The minimum absolute atomic E-state index is 0.0723. The van der Waals surface area contributed by atoms with Crippen molar-refractivity contribution in [2.75, 3.05) is 14.2 Å². The molecule has 0 N–H and O–H groups in total. The molecule has 14 heavy (non-hydrogen) atoms. The summed E-state index contributed by atoms with van der Waals surface area (Å²) < 4.78 is 35.9. The maximum absolute atomic E-state index is 13.3. The van der Waals surface area contributed by atoms with Gasteiger partial charge in [-0.15, -0.1) is 0 Å². The first-order chi connectivity index (χ1) is 6.65. The van der Waals surface area contributed by atoms with Gasteiger partial charge in [0.2, 0.25) is 0 Å². The van der Waals surface area contributed by atoms with Gasteiger partial charge in [-0.25, -0.2) is 8.78 Å². The number of allylic oxidation sites excluding steroid dienone is 3. The third-order valence-corrected chi connectivity index (χ3v) is 1.99. The van der Waals surface area contributed by atoms with Crippen LogP contribution < -0.4 is 0 Å². The van der Waals surface area contributed by atoms with E-state index >= 15 is 0 Å². The summed E-state index contributed by atoms with van der Waals surface area (Å²) in [5, 5.41) is 0. The highest BCUT2D eigenvalue weighted by Gasteiger charge is 2.31. The number of hydrogen-bond acceptors (Lipinski definition) is 3. The lowest BCUT2D eigenvalue weighted by molar-refractivity contribution is -0.105. The molecule has 0 aromatic heterocycles. The molecule has 0 saturated heterocycles. The molecule has 1 atom stereocenters. The topological polar surface area (TPSA) is 35.5 Å². The zero-order valence-electron chi connectivity index (χ0n) is 7.84. The van der Waals surface area contributed by atoms with Gasteiger partial charge in [0.15, 0.2) is 17.9 Å². The molecular formula is C9H10F2O3. The van der Waals surface area contributed by atoms with Crippen LogP contribution >= 0.6 is 0 Å². The molecule has 5 heteroatoms. The molecule has 0 aliphatic heterocycles. The maximum Gasteiger partial charge on any atom is 0.193 e. The highest BCUT2D eigenvalue weighted by Crippen LogP contribution is 2.32. The fourth-order valence-electron chi connectivity index (χ4n) is 1.26. The second-order valence-corrected chi connectivity index (χ2v) is 2.72. The Morgan fingerprint density at radius 1 is 1.43 bits per heavy atom. The molecule has 0 amide bonds. The first-order valence-corrected chi connectivity index (χ1v) is 3.96. The van der Waals surface area contributed by atoms with Crippen molar-refractivity contribution in [2.45, 2.75) is 12.6 Å². The third kappa shape index (κ3) is 1.62. The summed E-state index contributed by atoms with van der Waals surface area (Å²) in [5.74, 6) is -1.12. The average Bonchev–Trinajstić information content (AvgIpc) is 2.17. The van der Waals surface area contributed by atoms with E-state index in [-0.39, 0.29) is 24.2 Å². The molecule has 3 nitrogen and oxygen atoms in total. The molecule has 0 aromatic carbocycles. The smallest absolute Gasteiger partial charge is 0.193 e. The van der Waals surface area contributed by atoms with E-state index < -0.39 is 17.6 Å². The van der Waals surface area contributed by atoms with Gasteiger partial charge in [-0.05, 0) is 0 Å². The molecule has 78 valence electrons. The van der Waals surface area contributed by atoms with Crippen LogP contribution in [0.2, 0.25) is 0 Å². The van der Waals surface area contributed by atoms with Gasteiger partial charge in [0, 0.05) is 6.42 Å². The summed E-state index contributed by atoms with van der Waals surface area (Å²) in [5.41, 5.74) is -0.525. The van der Waals surface area contributed by atoms with Crippen molar-refractivity contribution in [3.63, 3.8) is 0 Å². The van der Waals surface area contributed by atoms with E-state index in [9.17, 15) is 13.6 Å². The van der Waals surface area contributed by atoms with Crippen LogP contribution in [0.25, 0.3) is 0 Å². The van der Waals surface area contributed by atoms with Crippen molar-refractivity contribution in [2.24, 2.45) is 0 Å². The minimum Gasteiger partial charge on any atom is -0.497 e. The fraction of sp³-hybridized carbons (Fsp3) is 0.444. The number of carbonyl (C=O) groups excluding carboxylic acids is 1. The Labute approximate surface area is 80.0 Å². The van der Waals surface area contributed by atoms with Gasteiger partial charge in [-0.1, -0.05) is 0 Å². The Morgan fingerprint density at radius 3 is 2.50 bits per heavy atom. The lowest BCUT2D eigenvalue weighted by Crippen LogP contribution is -2.18. The van der Waals surface area contributed by atoms with Crippen molar-refractivity contribution < 1.29 is 23.0 Å². The first-order valence-electron chi connectivity index (χ1n) is 3.96. The van der Waals surface area contributed by atoms with E-state index in [1.165, 1.54) is 14.2 Å². The molecular weight excluding hydrogens is 194 g/mol. The zero-order valence-corrected chi connectivity index (χ0v) is 7.84. The number of methoxy groups -OCH3 is 2. The Morgan fingerprint density at radius 2 is 2.07 bits per heavy atom. The van der Waals surface area contributed by atoms with Gasteiger partial charge in [0.25, 0.3) is 0 Å². The molecule has 0 radical (unpaired) electrons. The molecule has 1 rings (SSSR count). The Bertz CT molecular complexity index is 307. The van der Waals surface area contributed by atoms with Gasteiger partial charge in [-0.2, -0.15) is 0 Å². The number of carbonyl (C=O) groups is 1. The first kappa shape index (κ1) is 10.7. The molecule has 0 bridgehead atoms. The van der Waals surface area contributed by atoms with Gasteiger partial charge in [0.1, 0.15) is 11.9 Å². The maximum atomic E-state index is 13.3.